The topological polar surface area (TPSA) is 272 Å². The first-order valence-electron chi connectivity index (χ1n) is 4.03. The molecule has 0 rings (SSSR count). The van der Waals surface area contributed by atoms with Gasteiger partial charge in [0, 0.05) is 0 Å². The van der Waals surface area contributed by atoms with Crippen molar-refractivity contribution >= 4 is 39.8 Å². The summed E-state index contributed by atoms with van der Waals surface area (Å²) >= 11 is 0. The zero-order valence-corrected chi connectivity index (χ0v) is 19.3. The fraction of sp³-hybridized carbons (Fsp3) is 0.500. The Morgan fingerprint density at radius 2 is 1.21 bits per heavy atom. The molecule has 0 aromatic carbocycles. The van der Waals surface area contributed by atoms with Gasteiger partial charge in [0.05, 0.1) is 0 Å². The Kier molecular flexibility index (Phi) is 18.1. The van der Waals surface area contributed by atoms with Crippen molar-refractivity contribution in [3.05, 3.63) is 0 Å². The third-order valence-corrected chi connectivity index (χ3v) is 4.52. The van der Waals surface area contributed by atoms with Gasteiger partial charge in [0.2, 0.25) is 0 Å². The van der Waals surface area contributed by atoms with Crippen LogP contribution in [0, 0.1) is 0 Å². The molecule has 138 valence electrons. The van der Waals surface area contributed by atoms with Gasteiger partial charge in [-0.3, -0.25) is 4.55 Å². The third kappa shape index (κ3) is 31.5. The van der Waals surface area contributed by atoms with E-state index >= 15 is 0 Å². The number of carbonyl (C=O) groups is 1. The predicted molar refractivity (Wildman–Crippen MR) is 63.4 cm³/mol. The Labute approximate surface area is 181 Å². The molecule has 0 saturated heterocycles. The van der Waals surface area contributed by atoms with Gasteiger partial charge < -0.3 is 32.4 Å². The zero-order chi connectivity index (χ0) is 18.4. The third-order valence-electron chi connectivity index (χ3n) is 0.750. The molecule has 0 fully saturated rings. The maximum absolute atomic E-state index is 10.4. The van der Waals surface area contributed by atoms with Gasteiger partial charge in [-0.05, 0) is 0 Å². The molecular formula is C2H11Na2O16P3S. The van der Waals surface area contributed by atoms with E-state index in [4.69, 9.17) is 34.1 Å². The SMILES string of the molecule is O=C(O)COS(=O)(=O)O.O=P(O)(O)OP(=O)(O)OP(=O)(O)O.[H-].[H-].[Na+].[Na+]. The van der Waals surface area contributed by atoms with Crippen LogP contribution in [0.25, 0.3) is 0 Å². The Morgan fingerprint density at radius 3 is 1.33 bits per heavy atom. The molecule has 0 aromatic heterocycles. The van der Waals surface area contributed by atoms with Gasteiger partial charge in [0.1, 0.15) is 0 Å². The van der Waals surface area contributed by atoms with Crippen molar-refractivity contribution in [1.82, 2.24) is 0 Å². The zero-order valence-electron chi connectivity index (χ0n) is 13.8. The Bertz CT molecular complexity index is 595. The van der Waals surface area contributed by atoms with E-state index in [1.165, 1.54) is 0 Å². The van der Waals surface area contributed by atoms with Gasteiger partial charge in [-0.1, -0.05) is 0 Å². The molecule has 0 heterocycles. The summed E-state index contributed by atoms with van der Waals surface area (Å²) in [6.45, 7) is -1.06. The van der Waals surface area contributed by atoms with Crippen molar-refractivity contribution in [3.8, 4) is 0 Å². The summed E-state index contributed by atoms with van der Waals surface area (Å²) in [6, 6.07) is 0. The van der Waals surface area contributed by atoms with Crippen molar-refractivity contribution in [1.29, 1.82) is 0 Å². The summed E-state index contributed by atoms with van der Waals surface area (Å²) in [7, 11) is -20.8. The minimum absolute atomic E-state index is 0. The number of hydrogen-bond donors (Lipinski definition) is 7. The minimum atomic E-state index is -5.46. The van der Waals surface area contributed by atoms with Crippen molar-refractivity contribution < 1.29 is 136 Å². The number of phosphoric acid groups is 3. The Morgan fingerprint density at radius 1 is 0.917 bits per heavy atom. The first-order valence-corrected chi connectivity index (χ1v) is 9.95. The average molecular weight is 462 g/mol. The van der Waals surface area contributed by atoms with Crippen LogP contribution < -0.4 is 59.1 Å². The van der Waals surface area contributed by atoms with Crippen LogP contribution in [-0.4, -0.2) is 55.1 Å². The summed E-state index contributed by atoms with van der Waals surface area (Å²) < 4.78 is 66.8. The summed E-state index contributed by atoms with van der Waals surface area (Å²) in [5, 5.41) is 7.78. The van der Waals surface area contributed by atoms with Crippen molar-refractivity contribution in [2.24, 2.45) is 0 Å². The number of aliphatic carboxylic acids is 1. The largest absolute Gasteiger partial charge is 1.00 e. The number of rotatable bonds is 7. The standard InChI is InChI=1S/C2H4O6S.2Na.H5O10P3.2H/c3-2(4)1-8-9(5,6)7;;;1-11(2,3)9-13(7,8)10-12(4,5)6;;/h1H2,(H,3,4)(H,5,6,7);;;(H,7,8)(H2,1,2,3)(H2,4,5,6);;/q;2*+1;;2*-1. The van der Waals surface area contributed by atoms with Crippen LogP contribution in [0.15, 0.2) is 0 Å². The van der Waals surface area contributed by atoms with Crippen LogP contribution in [0.2, 0.25) is 0 Å². The molecule has 0 bridgehead atoms. The normalized spacial score (nSPS) is 12.1. The molecule has 0 aromatic rings. The molecule has 16 nitrogen and oxygen atoms in total. The van der Waals surface area contributed by atoms with Crippen LogP contribution in [0.4, 0.5) is 0 Å². The molecule has 24 heavy (non-hydrogen) atoms. The number of hydrogen-bond acceptors (Lipinski definition) is 9. The van der Waals surface area contributed by atoms with Crippen LogP contribution in [-0.2, 0) is 41.7 Å². The predicted octanol–water partition coefficient (Wildman–Crippen LogP) is -7.57. The molecule has 0 aliphatic heterocycles. The van der Waals surface area contributed by atoms with E-state index in [9.17, 15) is 26.9 Å². The van der Waals surface area contributed by atoms with Gasteiger partial charge in [-0.2, -0.15) is 17.0 Å². The van der Waals surface area contributed by atoms with Gasteiger partial charge in [0.15, 0.2) is 6.61 Å². The molecule has 0 atom stereocenters. The molecule has 22 heteroatoms. The van der Waals surface area contributed by atoms with E-state index in [-0.39, 0.29) is 62.0 Å². The second-order valence-corrected chi connectivity index (χ2v) is 7.99. The first-order chi connectivity index (χ1) is 9.33. The van der Waals surface area contributed by atoms with E-state index in [1.54, 1.807) is 0 Å². The molecule has 0 amide bonds. The Hall–Kier alpha value is 1.75. The summed E-state index contributed by atoms with van der Waals surface area (Å²) in [5.74, 6) is -1.47. The van der Waals surface area contributed by atoms with Gasteiger partial charge in [-0.15, -0.1) is 0 Å². The maximum Gasteiger partial charge on any atom is 1.00 e. The minimum Gasteiger partial charge on any atom is -1.00 e. The van der Waals surface area contributed by atoms with E-state index < -0.39 is 46.4 Å². The first kappa shape index (κ1) is 33.3. The van der Waals surface area contributed by atoms with E-state index in [1.807, 2.05) is 0 Å². The van der Waals surface area contributed by atoms with Gasteiger partial charge >= 0.3 is 99.0 Å². The second kappa shape index (κ2) is 13.0. The Balaban J connectivity index is -0.0000000697. The summed E-state index contributed by atoms with van der Waals surface area (Å²) in [5.41, 5.74) is 0. The molecule has 7 N–H and O–H groups in total. The number of carboxylic acid groups (broad SMARTS) is 1. The number of carboxylic acids is 1. The monoisotopic (exact) mass is 462 g/mol. The molecule has 0 unspecified atom stereocenters. The fourth-order valence-corrected chi connectivity index (χ4v) is 3.20. The molecule has 0 saturated carbocycles. The van der Waals surface area contributed by atoms with Crippen LogP contribution in [0.3, 0.4) is 0 Å². The molecule has 0 radical (unpaired) electrons. The average Bonchev–Trinajstić information content (AvgIpc) is 2.05. The van der Waals surface area contributed by atoms with E-state index in [0.29, 0.717) is 0 Å². The summed E-state index contributed by atoms with van der Waals surface area (Å²) in [4.78, 5) is 49.8. The fourth-order valence-electron chi connectivity index (χ4n) is 0.409. The molecular weight excluding hydrogens is 451 g/mol. The van der Waals surface area contributed by atoms with Crippen LogP contribution >= 0.6 is 23.5 Å². The van der Waals surface area contributed by atoms with E-state index in [2.05, 4.69) is 12.8 Å². The smallest absolute Gasteiger partial charge is 1.00 e. The molecule has 0 spiro atoms. The maximum atomic E-state index is 10.4. The van der Waals surface area contributed by atoms with E-state index in [0.717, 1.165) is 0 Å². The molecule has 0 aliphatic carbocycles. The van der Waals surface area contributed by atoms with Crippen LogP contribution in [0.1, 0.15) is 2.85 Å². The van der Waals surface area contributed by atoms with Crippen molar-refractivity contribution in [2.45, 2.75) is 0 Å². The summed E-state index contributed by atoms with van der Waals surface area (Å²) in [6.07, 6.45) is 0. The van der Waals surface area contributed by atoms with Crippen molar-refractivity contribution in [2.75, 3.05) is 6.61 Å². The van der Waals surface area contributed by atoms with Gasteiger partial charge in [-0.25, -0.2) is 22.7 Å². The van der Waals surface area contributed by atoms with Gasteiger partial charge in [0.25, 0.3) is 0 Å². The second-order valence-electron chi connectivity index (χ2n) is 2.70. The molecule has 0 aliphatic rings. The van der Waals surface area contributed by atoms with Crippen LogP contribution in [0.5, 0.6) is 0 Å². The van der Waals surface area contributed by atoms with Crippen molar-refractivity contribution in [3.63, 3.8) is 0 Å². The quantitative estimate of drug-likeness (QED) is 0.105.